The predicted molar refractivity (Wildman–Crippen MR) is 102 cm³/mol. The molecular weight excluding hydrogens is 360 g/mol. The van der Waals surface area contributed by atoms with Gasteiger partial charge in [-0.2, -0.15) is 0 Å². The number of carbonyl (C=O) groups is 1. The molecular formula is C20H18N4O2S. The smallest absolute Gasteiger partial charge is 0.273 e. The molecule has 3 aliphatic rings. The van der Waals surface area contributed by atoms with Gasteiger partial charge in [-0.05, 0) is 42.9 Å². The first kappa shape index (κ1) is 15.4. The van der Waals surface area contributed by atoms with Crippen LogP contribution in [0.4, 0.5) is 0 Å². The van der Waals surface area contributed by atoms with Crippen LogP contribution in [0.25, 0.3) is 21.8 Å². The summed E-state index contributed by atoms with van der Waals surface area (Å²) >= 11 is 1.48. The lowest BCUT2D eigenvalue weighted by Crippen LogP contribution is -2.43. The van der Waals surface area contributed by atoms with Crippen molar-refractivity contribution in [3.05, 3.63) is 40.8 Å². The highest BCUT2D eigenvalue weighted by atomic mass is 32.1. The van der Waals surface area contributed by atoms with Crippen LogP contribution in [0.1, 0.15) is 40.0 Å². The van der Waals surface area contributed by atoms with E-state index in [4.69, 9.17) is 4.74 Å². The summed E-state index contributed by atoms with van der Waals surface area (Å²) in [5, 5.41) is 3.87. The van der Waals surface area contributed by atoms with Gasteiger partial charge >= 0.3 is 0 Å². The van der Waals surface area contributed by atoms with Crippen molar-refractivity contribution >= 4 is 17.2 Å². The molecule has 2 aliphatic carbocycles. The molecule has 6 rings (SSSR count). The Hall–Kier alpha value is -2.67. The van der Waals surface area contributed by atoms with E-state index < -0.39 is 0 Å². The summed E-state index contributed by atoms with van der Waals surface area (Å²) < 4.78 is 5.21. The van der Waals surface area contributed by atoms with E-state index in [0.29, 0.717) is 5.19 Å². The van der Waals surface area contributed by atoms with Gasteiger partial charge in [0, 0.05) is 29.4 Å². The van der Waals surface area contributed by atoms with Gasteiger partial charge < -0.3 is 15.0 Å². The minimum Gasteiger partial charge on any atom is -0.473 e. The third kappa shape index (κ3) is 2.21. The Bertz CT molecular complexity index is 1110. The zero-order valence-corrected chi connectivity index (χ0v) is 15.7. The molecule has 0 saturated heterocycles. The second-order valence-corrected chi connectivity index (χ2v) is 8.66. The standard InChI is InChI=1S/C20H18N4O2S/c1-26-19-22-9-15(27-19)13-6-12-10(8-21-13)2-3-11-16-14(23-17(11)12)7-20(4-5-20)24-18(16)25/h6,8-9,23H,2-5,7H2,1H3,(H,24,25). The van der Waals surface area contributed by atoms with Crippen LogP contribution >= 0.6 is 11.3 Å². The third-order valence-electron chi connectivity index (χ3n) is 5.97. The molecule has 3 aromatic heterocycles. The number of hydrogen-bond acceptors (Lipinski definition) is 5. The van der Waals surface area contributed by atoms with Crippen molar-refractivity contribution in [2.75, 3.05) is 7.11 Å². The fraction of sp³-hybridized carbons (Fsp3) is 0.350. The minimum absolute atomic E-state index is 0.0168. The number of hydrogen-bond donors (Lipinski definition) is 2. The molecule has 1 saturated carbocycles. The molecule has 0 aromatic carbocycles. The van der Waals surface area contributed by atoms with Gasteiger partial charge in [0.2, 0.25) is 0 Å². The molecule has 1 fully saturated rings. The second-order valence-electron chi connectivity index (χ2n) is 7.66. The first-order chi connectivity index (χ1) is 13.2. The van der Waals surface area contributed by atoms with E-state index in [1.165, 1.54) is 16.9 Å². The number of nitrogens with zero attached hydrogens (tertiary/aromatic N) is 2. The Balaban J connectivity index is 1.48. The number of aromatic nitrogens is 3. The number of pyridine rings is 1. The summed E-state index contributed by atoms with van der Waals surface area (Å²) in [6.07, 6.45) is 8.63. The van der Waals surface area contributed by atoms with Crippen molar-refractivity contribution in [3.63, 3.8) is 0 Å². The number of H-pyrrole nitrogens is 1. The fourth-order valence-electron chi connectivity index (χ4n) is 4.40. The monoisotopic (exact) mass is 378 g/mol. The summed E-state index contributed by atoms with van der Waals surface area (Å²) in [5.41, 5.74) is 7.52. The molecule has 0 radical (unpaired) electrons. The molecule has 1 spiro atoms. The van der Waals surface area contributed by atoms with Crippen LogP contribution in [0.2, 0.25) is 0 Å². The number of aryl methyl sites for hydroxylation is 1. The van der Waals surface area contributed by atoms with E-state index in [1.54, 1.807) is 13.3 Å². The molecule has 4 heterocycles. The predicted octanol–water partition coefficient (Wildman–Crippen LogP) is 3.13. The molecule has 7 heteroatoms. The van der Waals surface area contributed by atoms with Crippen molar-refractivity contribution in [1.82, 2.24) is 20.3 Å². The Morgan fingerprint density at radius 1 is 1.22 bits per heavy atom. The van der Waals surface area contributed by atoms with Gasteiger partial charge in [0.15, 0.2) is 0 Å². The van der Waals surface area contributed by atoms with Gasteiger partial charge in [0.05, 0.1) is 35.1 Å². The molecule has 3 aromatic rings. The van der Waals surface area contributed by atoms with E-state index in [1.807, 2.05) is 6.20 Å². The average Bonchev–Trinajstić information content (AvgIpc) is 3.10. The number of ether oxygens (including phenoxy) is 1. The molecule has 2 N–H and O–H groups in total. The van der Waals surface area contributed by atoms with Gasteiger partial charge in [0.1, 0.15) is 0 Å². The lowest BCUT2D eigenvalue weighted by molar-refractivity contribution is 0.0917. The van der Waals surface area contributed by atoms with Crippen molar-refractivity contribution < 1.29 is 9.53 Å². The van der Waals surface area contributed by atoms with E-state index in [9.17, 15) is 4.79 Å². The number of carbonyl (C=O) groups excluding carboxylic acids is 1. The number of aromatic amines is 1. The van der Waals surface area contributed by atoms with E-state index in [2.05, 4.69) is 26.3 Å². The number of methoxy groups -OCH3 is 1. The summed E-state index contributed by atoms with van der Waals surface area (Å²) in [5.74, 6) is 0.0937. The minimum atomic E-state index is 0.0168. The Labute approximate surface area is 160 Å². The van der Waals surface area contributed by atoms with Crippen molar-refractivity contribution in [2.45, 2.75) is 37.6 Å². The average molecular weight is 378 g/mol. The van der Waals surface area contributed by atoms with Crippen LogP contribution in [-0.2, 0) is 19.3 Å². The summed E-state index contributed by atoms with van der Waals surface area (Å²) in [4.78, 5) is 26.2. The Morgan fingerprint density at radius 3 is 2.89 bits per heavy atom. The fourth-order valence-corrected chi connectivity index (χ4v) is 5.10. The SMILES string of the molecule is COc1ncc(-c2cc3c(cn2)CCc2c-3[nH]c3c2C(=O)NC2(CC2)C3)s1. The van der Waals surface area contributed by atoms with Crippen LogP contribution in [0.15, 0.2) is 18.5 Å². The molecule has 27 heavy (non-hydrogen) atoms. The van der Waals surface area contributed by atoms with Crippen molar-refractivity contribution in [3.8, 4) is 27.0 Å². The van der Waals surface area contributed by atoms with Gasteiger partial charge in [-0.3, -0.25) is 9.78 Å². The molecule has 0 atom stereocenters. The molecule has 136 valence electrons. The van der Waals surface area contributed by atoms with Crippen molar-refractivity contribution in [2.24, 2.45) is 0 Å². The first-order valence-electron chi connectivity index (χ1n) is 9.21. The van der Waals surface area contributed by atoms with Crippen LogP contribution < -0.4 is 10.1 Å². The normalized spacial score (nSPS) is 18.5. The van der Waals surface area contributed by atoms with Gasteiger partial charge in [-0.25, -0.2) is 4.98 Å². The first-order valence-corrected chi connectivity index (χ1v) is 10.0. The molecule has 6 nitrogen and oxygen atoms in total. The number of amides is 1. The summed E-state index contributed by atoms with van der Waals surface area (Å²) in [6, 6.07) is 2.12. The highest BCUT2D eigenvalue weighted by molar-refractivity contribution is 7.16. The molecule has 1 amide bonds. The maximum atomic E-state index is 12.7. The molecule has 1 aliphatic heterocycles. The lowest BCUT2D eigenvalue weighted by Gasteiger charge is -2.24. The maximum Gasteiger partial charge on any atom is 0.273 e. The van der Waals surface area contributed by atoms with Crippen LogP contribution in [0.5, 0.6) is 5.19 Å². The van der Waals surface area contributed by atoms with Crippen LogP contribution in [-0.4, -0.2) is 33.5 Å². The van der Waals surface area contributed by atoms with E-state index >= 15 is 0 Å². The topological polar surface area (TPSA) is 79.9 Å². The number of rotatable bonds is 2. The highest BCUT2D eigenvalue weighted by Crippen LogP contribution is 2.46. The molecule has 0 bridgehead atoms. The van der Waals surface area contributed by atoms with Crippen LogP contribution in [0.3, 0.4) is 0 Å². The number of fused-ring (bicyclic) bond motifs is 5. The third-order valence-corrected chi connectivity index (χ3v) is 6.95. The zero-order chi connectivity index (χ0) is 18.2. The largest absolute Gasteiger partial charge is 0.473 e. The zero-order valence-electron chi connectivity index (χ0n) is 14.9. The van der Waals surface area contributed by atoms with Gasteiger partial charge in [-0.15, -0.1) is 0 Å². The highest BCUT2D eigenvalue weighted by Gasteiger charge is 2.49. The second kappa shape index (κ2) is 5.19. The van der Waals surface area contributed by atoms with E-state index in [-0.39, 0.29) is 11.4 Å². The number of thiazole rings is 1. The van der Waals surface area contributed by atoms with Gasteiger partial charge in [-0.1, -0.05) is 11.3 Å². The Morgan fingerprint density at radius 2 is 2.11 bits per heavy atom. The van der Waals surface area contributed by atoms with Crippen molar-refractivity contribution in [1.29, 1.82) is 0 Å². The number of nitrogens with one attached hydrogen (secondary N) is 2. The quantitative estimate of drug-likeness (QED) is 0.718. The Kier molecular flexibility index (Phi) is 2.96. The summed E-state index contributed by atoms with van der Waals surface area (Å²) in [7, 11) is 1.62. The van der Waals surface area contributed by atoms with E-state index in [0.717, 1.165) is 70.8 Å². The lowest BCUT2D eigenvalue weighted by atomic mass is 9.87. The summed E-state index contributed by atoms with van der Waals surface area (Å²) in [6.45, 7) is 0. The van der Waals surface area contributed by atoms with Gasteiger partial charge in [0.25, 0.3) is 11.1 Å². The van der Waals surface area contributed by atoms with Crippen LogP contribution in [0, 0.1) is 0 Å². The molecule has 0 unspecified atom stereocenters. The maximum absolute atomic E-state index is 12.7.